The molecule has 0 bridgehead atoms. The highest BCUT2D eigenvalue weighted by molar-refractivity contribution is 5.14. The van der Waals surface area contributed by atoms with Crippen molar-refractivity contribution in [2.45, 2.75) is 75.7 Å². The van der Waals surface area contributed by atoms with Crippen LogP contribution in [0.3, 0.4) is 0 Å². The molecule has 0 aliphatic heterocycles. The zero-order valence-electron chi connectivity index (χ0n) is 17.5. The van der Waals surface area contributed by atoms with Crippen LogP contribution >= 0.6 is 0 Å². The molecule has 134 valence electrons. The minimum absolute atomic E-state index is 1.14. The highest BCUT2D eigenvalue weighted by Crippen LogP contribution is 1.96. The van der Waals surface area contributed by atoms with Gasteiger partial charge in [0.1, 0.15) is 0 Å². The molecule has 0 aliphatic rings. The standard InChI is InChI=1S/C8H10.C7H8.4C2H6/c1-2-8-6-4-3-5-7-8;1-7-5-3-2-4-6-7;4*1-2/h3-7H,2H2,1H3;2-6H,1H3;4*1-2H3. The molecule has 0 aliphatic carbocycles. The van der Waals surface area contributed by atoms with E-state index in [9.17, 15) is 0 Å². The normalized spacial score (nSPS) is 6.87. The van der Waals surface area contributed by atoms with E-state index in [2.05, 4.69) is 50.2 Å². The molecule has 0 heteroatoms. The summed E-state index contributed by atoms with van der Waals surface area (Å²) < 4.78 is 0. The molecule has 0 aromatic heterocycles. The third-order valence-electron chi connectivity index (χ3n) is 2.19. The lowest BCUT2D eigenvalue weighted by atomic mass is 10.2. The van der Waals surface area contributed by atoms with Gasteiger partial charge in [-0.15, -0.1) is 0 Å². The van der Waals surface area contributed by atoms with Crippen molar-refractivity contribution in [3.63, 3.8) is 0 Å². The molecule has 2 aromatic carbocycles. The van der Waals surface area contributed by atoms with E-state index >= 15 is 0 Å². The Morgan fingerprint density at radius 1 is 0.522 bits per heavy atom. The topological polar surface area (TPSA) is 0 Å². The van der Waals surface area contributed by atoms with E-state index in [0.717, 1.165) is 6.42 Å². The van der Waals surface area contributed by atoms with Crippen LogP contribution in [0.2, 0.25) is 0 Å². The van der Waals surface area contributed by atoms with Crippen LogP contribution in [0, 0.1) is 6.92 Å². The highest BCUT2D eigenvalue weighted by atomic mass is 13.9. The third-order valence-corrected chi connectivity index (χ3v) is 2.19. The Labute approximate surface area is 148 Å². The Kier molecular flexibility index (Phi) is 41.5. The van der Waals surface area contributed by atoms with Crippen molar-refractivity contribution in [3.8, 4) is 0 Å². The maximum atomic E-state index is 2.16. The van der Waals surface area contributed by atoms with Gasteiger partial charge in [-0.05, 0) is 18.9 Å². The van der Waals surface area contributed by atoms with Crippen LogP contribution in [-0.4, -0.2) is 0 Å². The monoisotopic (exact) mass is 318 g/mol. The van der Waals surface area contributed by atoms with Crippen molar-refractivity contribution in [1.82, 2.24) is 0 Å². The minimum atomic E-state index is 1.14. The Hall–Kier alpha value is -1.56. The molecule has 0 heterocycles. The summed E-state index contributed by atoms with van der Waals surface area (Å²) in [6.07, 6.45) is 1.14. The van der Waals surface area contributed by atoms with Crippen LogP contribution in [0.5, 0.6) is 0 Å². The molecule has 0 atom stereocenters. The largest absolute Gasteiger partial charge is 0.0683 e. The van der Waals surface area contributed by atoms with Gasteiger partial charge in [0.2, 0.25) is 0 Å². The number of hydrogen-bond donors (Lipinski definition) is 0. The molecule has 23 heavy (non-hydrogen) atoms. The summed E-state index contributed by atoms with van der Waals surface area (Å²) in [5, 5.41) is 0. The molecule has 0 saturated heterocycles. The molecule has 0 N–H and O–H groups in total. The molecule has 0 amide bonds. The lowest BCUT2D eigenvalue weighted by Crippen LogP contribution is -1.73. The van der Waals surface area contributed by atoms with E-state index in [1.54, 1.807) is 0 Å². The van der Waals surface area contributed by atoms with Crippen molar-refractivity contribution >= 4 is 0 Å². The lowest BCUT2D eigenvalue weighted by Gasteiger charge is -1.89. The zero-order chi connectivity index (χ0) is 18.9. The summed E-state index contributed by atoms with van der Waals surface area (Å²) in [5.74, 6) is 0. The fourth-order valence-corrected chi connectivity index (χ4v) is 1.25. The molecular weight excluding hydrogens is 276 g/mol. The predicted molar refractivity (Wildman–Crippen MR) is 112 cm³/mol. The average molecular weight is 319 g/mol. The number of aryl methyl sites for hydroxylation is 2. The maximum absolute atomic E-state index is 2.16. The van der Waals surface area contributed by atoms with Crippen LogP contribution in [-0.2, 0) is 6.42 Å². The highest BCUT2D eigenvalue weighted by Gasteiger charge is 1.80. The van der Waals surface area contributed by atoms with Crippen LogP contribution in [0.15, 0.2) is 60.7 Å². The Bertz CT molecular complexity index is 348. The first-order chi connectivity index (χ1) is 11.3. The zero-order valence-corrected chi connectivity index (χ0v) is 17.5. The molecule has 0 nitrogen and oxygen atoms in total. The van der Waals surface area contributed by atoms with Crippen LogP contribution in [0.25, 0.3) is 0 Å². The van der Waals surface area contributed by atoms with E-state index in [4.69, 9.17) is 0 Å². The summed E-state index contributed by atoms with van der Waals surface area (Å²) >= 11 is 0. The average Bonchev–Trinajstić information content (AvgIpc) is 2.70. The lowest BCUT2D eigenvalue weighted by molar-refractivity contribution is 1.14. The van der Waals surface area contributed by atoms with Gasteiger partial charge in [0.05, 0.1) is 0 Å². The Balaban J connectivity index is -0.000000110. The van der Waals surface area contributed by atoms with E-state index in [0.29, 0.717) is 0 Å². The van der Waals surface area contributed by atoms with E-state index in [1.165, 1.54) is 11.1 Å². The Morgan fingerprint density at radius 2 is 0.826 bits per heavy atom. The molecule has 0 unspecified atom stereocenters. The van der Waals surface area contributed by atoms with Crippen molar-refractivity contribution in [1.29, 1.82) is 0 Å². The third kappa shape index (κ3) is 25.7. The summed E-state index contributed by atoms with van der Waals surface area (Å²) in [6, 6.07) is 20.7. The van der Waals surface area contributed by atoms with Crippen LogP contribution < -0.4 is 0 Å². The molecule has 2 rings (SSSR count). The van der Waals surface area contributed by atoms with Gasteiger partial charge in [0, 0.05) is 0 Å². The quantitative estimate of drug-likeness (QED) is 0.495. The second kappa shape index (κ2) is 32.4. The van der Waals surface area contributed by atoms with Gasteiger partial charge >= 0.3 is 0 Å². The van der Waals surface area contributed by atoms with E-state index < -0.39 is 0 Å². The van der Waals surface area contributed by atoms with Gasteiger partial charge in [-0.2, -0.15) is 0 Å². The smallest absolute Gasteiger partial charge is 0.0307 e. The number of hydrogen-bond acceptors (Lipinski definition) is 0. The predicted octanol–water partition coefficient (Wildman–Crippen LogP) is 8.35. The van der Waals surface area contributed by atoms with Gasteiger partial charge in [0.15, 0.2) is 0 Å². The van der Waals surface area contributed by atoms with Crippen LogP contribution in [0.4, 0.5) is 0 Å². The fraction of sp³-hybridized carbons (Fsp3) is 0.478. The molecule has 0 radical (unpaired) electrons. The number of rotatable bonds is 1. The maximum Gasteiger partial charge on any atom is -0.0307 e. The SMILES string of the molecule is CC.CC.CC.CC.CCc1ccccc1.Cc1ccccc1. The van der Waals surface area contributed by atoms with Crippen molar-refractivity contribution in [3.05, 3.63) is 71.8 Å². The first-order valence-corrected chi connectivity index (χ1v) is 9.38. The van der Waals surface area contributed by atoms with E-state index in [-0.39, 0.29) is 0 Å². The number of benzene rings is 2. The molecule has 0 spiro atoms. The second-order valence-electron chi connectivity index (χ2n) is 3.49. The molecule has 0 saturated carbocycles. The molecular formula is C23H42. The molecule has 2 aromatic rings. The van der Waals surface area contributed by atoms with Gasteiger partial charge in [-0.3, -0.25) is 0 Å². The summed E-state index contributed by atoms with van der Waals surface area (Å²) in [5.41, 5.74) is 2.73. The minimum Gasteiger partial charge on any atom is -0.0683 e. The first-order valence-electron chi connectivity index (χ1n) is 9.38. The van der Waals surface area contributed by atoms with Crippen molar-refractivity contribution in [2.75, 3.05) is 0 Å². The summed E-state index contributed by atoms with van der Waals surface area (Å²) in [7, 11) is 0. The van der Waals surface area contributed by atoms with Crippen molar-refractivity contribution < 1.29 is 0 Å². The summed E-state index contributed by atoms with van der Waals surface area (Å²) in [6.45, 7) is 20.2. The van der Waals surface area contributed by atoms with Gasteiger partial charge < -0.3 is 0 Å². The van der Waals surface area contributed by atoms with Crippen molar-refractivity contribution in [2.24, 2.45) is 0 Å². The first kappa shape index (κ1) is 29.5. The van der Waals surface area contributed by atoms with E-state index in [1.807, 2.05) is 79.7 Å². The van der Waals surface area contributed by atoms with Crippen LogP contribution in [0.1, 0.15) is 73.4 Å². The van der Waals surface area contributed by atoms with Gasteiger partial charge in [-0.25, -0.2) is 0 Å². The van der Waals surface area contributed by atoms with Gasteiger partial charge in [-0.1, -0.05) is 129 Å². The fourth-order valence-electron chi connectivity index (χ4n) is 1.25. The summed E-state index contributed by atoms with van der Waals surface area (Å²) in [4.78, 5) is 0. The Morgan fingerprint density at radius 3 is 1.00 bits per heavy atom. The molecule has 0 fully saturated rings. The second-order valence-corrected chi connectivity index (χ2v) is 3.49. The van der Waals surface area contributed by atoms with Gasteiger partial charge in [0.25, 0.3) is 0 Å².